The number of imidazole rings is 1. The van der Waals surface area contributed by atoms with Crippen LogP contribution in [-0.4, -0.2) is 21.4 Å². The summed E-state index contributed by atoms with van der Waals surface area (Å²) in [7, 11) is 0. The molecule has 1 aliphatic heterocycles. The fraction of sp³-hybridized carbons (Fsp3) is 0.125. The number of carbonyl (C=O) groups is 2. The number of hydrogen-bond acceptors (Lipinski definition) is 4. The second kappa shape index (κ2) is 7.60. The smallest absolute Gasteiger partial charge is 0.259 e. The minimum Gasteiger partial charge on any atom is -0.469 e. The van der Waals surface area contributed by atoms with Crippen molar-refractivity contribution in [3.05, 3.63) is 102 Å². The molecule has 3 heterocycles. The standard InChI is InChI=1S/C24H20N4O3/c1-16-20(10-13-31-16)23(29)26-19-8-6-17(7-9-19)24(30)28-15-22-25-11-12-27(22)14-18-4-2-3-5-21(18)28/h2-13H,14-15H2,1H3,(H,26,29). The number of aromatic nitrogens is 2. The third-order valence-electron chi connectivity index (χ3n) is 5.46. The Bertz CT molecular complexity index is 1270. The largest absolute Gasteiger partial charge is 0.469 e. The molecule has 1 N–H and O–H groups in total. The van der Waals surface area contributed by atoms with E-state index in [9.17, 15) is 9.59 Å². The van der Waals surface area contributed by atoms with E-state index >= 15 is 0 Å². The van der Waals surface area contributed by atoms with Gasteiger partial charge in [0.2, 0.25) is 0 Å². The normalized spacial score (nSPS) is 12.6. The van der Waals surface area contributed by atoms with Crippen LogP contribution < -0.4 is 10.2 Å². The Balaban J connectivity index is 1.40. The van der Waals surface area contributed by atoms with E-state index in [1.165, 1.54) is 6.26 Å². The monoisotopic (exact) mass is 412 g/mol. The summed E-state index contributed by atoms with van der Waals surface area (Å²) in [5, 5.41) is 2.83. The number of anilines is 2. The summed E-state index contributed by atoms with van der Waals surface area (Å²) in [4.78, 5) is 31.9. The molecule has 2 amide bonds. The molecule has 0 radical (unpaired) electrons. The van der Waals surface area contributed by atoms with E-state index in [4.69, 9.17) is 4.42 Å². The molecule has 0 bridgehead atoms. The molecule has 1 aliphatic rings. The summed E-state index contributed by atoms with van der Waals surface area (Å²) < 4.78 is 7.24. The number of amides is 2. The van der Waals surface area contributed by atoms with E-state index in [2.05, 4.69) is 14.9 Å². The lowest BCUT2D eigenvalue weighted by Gasteiger charge is -2.22. The van der Waals surface area contributed by atoms with Gasteiger partial charge in [-0.2, -0.15) is 0 Å². The second-order valence-electron chi connectivity index (χ2n) is 7.41. The Morgan fingerprint density at radius 1 is 1.03 bits per heavy atom. The van der Waals surface area contributed by atoms with Crippen LogP contribution in [0.25, 0.3) is 0 Å². The average molecular weight is 412 g/mol. The summed E-state index contributed by atoms with van der Waals surface area (Å²) in [5.74, 6) is 1.03. The van der Waals surface area contributed by atoms with Crippen LogP contribution in [0.2, 0.25) is 0 Å². The van der Waals surface area contributed by atoms with Crippen LogP contribution in [0.3, 0.4) is 0 Å². The number of rotatable bonds is 3. The lowest BCUT2D eigenvalue weighted by molar-refractivity contribution is 0.0983. The van der Waals surface area contributed by atoms with Crippen LogP contribution in [0.15, 0.2) is 77.7 Å². The molecule has 31 heavy (non-hydrogen) atoms. The van der Waals surface area contributed by atoms with Crippen molar-refractivity contribution in [2.45, 2.75) is 20.0 Å². The van der Waals surface area contributed by atoms with Gasteiger partial charge in [0.15, 0.2) is 0 Å². The van der Waals surface area contributed by atoms with Gasteiger partial charge in [-0.15, -0.1) is 0 Å². The topological polar surface area (TPSA) is 80.4 Å². The maximum atomic E-state index is 13.4. The van der Waals surface area contributed by atoms with Crippen molar-refractivity contribution < 1.29 is 14.0 Å². The number of carbonyl (C=O) groups excluding carboxylic acids is 2. The molecule has 0 fully saturated rings. The first-order valence-electron chi connectivity index (χ1n) is 9.95. The summed E-state index contributed by atoms with van der Waals surface area (Å²) >= 11 is 0. The zero-order valence-corrected chi connectivity index (χ0v) is 16.9. The van der Waals surface area contributed by atoms with Crippen molar-refractivity contribution in [1.29, 1.82) is 0 Å². The lowest BCUT2D eigenvalue weighted by Crippen LogP contribution is -2.30. The highest BCUT2D eigenvalue weighted by Gasteiger charge is 2.25. The molecule has 0 aliphatic carbocycles. The van der Waals surface area contributed by atoms with Gasteiger partial charge in [0.1, 0.15) is 11.6 Å². The number of furan rings is 1. The van der Waals surface area contributed by atoms with Crippen molar-refractivity contribution in [2.24, 2.45) is 0 Å². The van der Waals surface area contributed by atoms with Crippen molar-refractivity contribution >= 4 is 23.2 Å². The molecule has 4 aromatic rings. The molecule has 0 unspecified atom stereocenters. The first kappa shape index (κ1) is 18.9. The summed E-state index contributed by atoms with van der Waals surface area (Å²) in [6.45, 7) is 2.80. The molecule has 0 saturated carbocycles. The highest BCUT2D eigenvalue weighted by Crippen LogP contribution is 2.28. The fourth-order valence-electron chi connectivity index (χ4n) is 3.81. The van der Waals surface area contributed by atoms with E-state index in [0.717, 1.165) is 17.1 Å². The van der Waals surface area contributed by atoms with Crippen LogP contribution >= 0.6 is 0 Å². The van der Waals surface area contributed by atoms with Crippen LogP contribution in [0, 0.1) is 6.92 Å². The molecule has 2 aromatic carbocycles. The third-order valence-corrected chi connectivity index (χ3v) is 5.46. The van der Waals surface area contributed by atoms with Gasteiger partial charge in [0.25, 0.3) is 11.8 Å². The van der Waals surface area contributed by atoms with Crippen LogP contribution in [0.1, 0.15) is 37.9 Å². The van der Waals surface area contributed by atoms with Gasteiger partial charge in [-0.1, -0.05) is 18.2 Å². The summed E-state index contributed by atoms with van der Waals surface area (Å²) in [6, 6.07) is 16.4. The Morgan fingerprint density at radius 3 is 2.61 bits per heavy atom. The fourth-order valence-corrected chi connectivity index (χ4v) is 3.81. The molecule has 0 saturated heterocycles. The van der Waals surface area contributed by atoms with Gasteiger partial charge in [-0.05, 0) is 48.9 Å². The van der Waals surface area contributed by atoms with Crippen LogP contribution in [0.5, 0.6) is 0 Å². The lowest BCUT2D eigenvalue weighted by atomic mass is 10.1. The quantitative estimate of drug-likeness (QED) is 0.546. The minimum atomic E-state index is -0.251. The molecule has 7 nitrogen and oxygen atoms in total. The van der Waals surface area contributed by atoms with Crippen molar-refractivity contribution in [3.8, 4) is 0 Å². The van der Waals surface area contributed by atoms with Crippen molar-refractivity contribution in [3.63, 3.8) is 0 Å². The summed E-state index contributed by atoms with van der Waals surface area (Å²) in [6.07, 6.45) is 5.17. The van der Waals surface area contributed by atoms with Gasteiger partial charge < -0.3 is 19.2 Å². The van der Waals surface area contributed by atoms with E-state index in [1.54, 1.807) is 48.4 Å². The summed E-state index contributed by atoms with van der Waals surface area (Å²) in [5.41, 5.74) is 3.57. The van der Waals surface area contributed by atoms with E-state index in [-0.39, 0.29) is 11.8 Å². The predicted octanol–water partition coefficient (Wildman–Crippen LogP) is 4.25. The van der Waals surface area contributed by atoms with Gasteiger partial charge >= 0.3 is 0 Å². The molecular formula is C24H20N4O3. The maximum absolute atomic E-state index is 13.4. The Kier molecular flexibility index (Phi) is 4.63. The minimum absolute atomic E-state index is 0.118. The van der Waals surface area contributed by atoms with E-state index in [1.807, 2.05) is 30.5 Å². The van der Waals surface area contributed by atoms with Crippen molar-refractivity contribution in [1.82, 2.24) is 9.55 Å². The maximum Gasteiger partial charge on any atom is 0.259 e. The second-order valence-corrected chi connectivity index (χ2v) is 7.41. The predicted molar refractivity (Wildman–Crippen MR) is 116 cm³/mol. The zero-order valence-electron chi connectivity index (χ0n) is 16.9. The number of nitrogens with one attached hydrogen (secondary N) is 1. The average Bonchev–Trinajstić information content (AvgIpc) is 3.38. The molecule has 5 rings (SSSR count). The Hall–Kier alpha value is -4.13. The molecule has 0 spiro atoms. The molecule has 0 atom stereocenters. The Labute approximate surface area is 178 Å². The highest BCUT2D eigenvalue weighted by atomic mass is 16.3. The van der Waals surface area contributed by atoms with Crippen LogP contribution in [-0.2, 0) is 13.1 Å². The van der Waals surface area contributed by atoms with Gasteiger partial charge in [0, 0.05) is 29.3 Å². The van der Waals surface area contributed by atoms with Gasteiger partial charge in [0.05, 0.1) is 24.9 Å². The number of nitrogens with zero attached hydrogens (tertiary/aromatic N) is 3. The number of para-hydroxylation sites is 1. The third kappa shape index (κ3) is 3.50. The first-order valence-corrected chi connectivity index (χ1v) is 9.95. The molecular weight excluding hydrogens is 392 g/mol. The SMILES string of the molecule is Cc1occc1C(=O)Nc1ccc(C(=O)N2Cc3nccn3Cc3ccccc32)cc1. The Morgan fingerprint density at radius 2 is 1.84 bits per heavy atom. The van der Waals surface area contributed by atoms with E-state index < -0.39 is 0 Å². The highest BCUT2D eigenvalue weighted by molar-refractivity contribution is 6.07. The van der Waals surface area contributed by atoms with Crippen LogP contribution in [0.4, 0.5) is 11.4 Å². The number of aryl methyl sites for hydroxylation is 1. The zero-order chi connectivity index (χ0) is 21.4. The molecule has 7 heteroatoms. The number of benzene rings is 2. The number of hydrogen-bond donors (Lipinski definition) is 1. The molecule has 154 valence electrons. The van der Waals surface area contributed by atoms with Gasteiger partial charge in [-0.3, -0.25) is 9.59 Å². The van der Waals surface area contributed by atoms with Crippen molar-refractivity contribution in [2.75, 3.05) is 10.2 Å². The first-order chi connectivity index (χ1) is 15.1. The van der Waals surface area contributed by atoms with Gasteiger partial charge in [-0.25, -0.2) is 4.98 Å². The van der Waals surface area contributed by atoms with E-state index in [0.29, 0.717) is 35.7 Å². The number of fused-ring (bicyclic) bond motifs is 2. The molecule has 2 aromatic heterocycles.